The van der Waals surface area contributed by atoms with Crippen molar-refractivity contribution in [2.45, 2.75) is 6.92 Å². The molecule has 2 aromatic rings. The van der Waals surface area contributed by atoms with Crippen molar-refractivity contribution in [3.05, 3.63) is 45.3 Å². The Labute approximate surface area is 113 Å². The van der Waals surface area contributed by atoms with Crippen molar-refractivity contribution in [3.63, 3.8) is 0 Å². The van der Waals surface area contributed by atoms with Gasteiger partial charge in [-0.15, -0.1) is 11.3 Å². The molecule has 0 aliphatic rings. The van der Waals surface area contributed by atoms with E-state index in [1.54, 1.807) is 14.0 Å². The fraction of sp³-hybridized carbons (Fsp3) is 0.167. The van der Waals surface area contributed by atoms with E-state index in [9.17, 15) is 4.79 Å². The molecule has 0 saturated heterocycles. The molecule has 1 aromatic carbocycles. The molecule has 0 unspecified atom stereocenters. The van der Waals surface area contributed by atoms with Gasteiger partial charge in [-0.3, -0.25) is 4.79 Å². The SMILES string of the molecule is COc1ccc(-c2nc(C)c(C(=O)N=[N+]=[N-])s2)cc1. The number of amides is 1. The number of thiazole rings is 1. The molecule has 0 fully saturated rings. The van der Waals surface area contributed by atoms with E-state index in [2.05, 4.69) is 15.0 Å². The first-order valence-corrected chi connectivity index (χ1v) is 6.18. The lowest BCUT2D eigenvalue weighted by Gasteiger charge is -1.99. The fourth-order valence-corrected chi connectivity index (χ4v) is 2.49. The zero-order chi connectivity index (χ0) is 13.8. The number of hydrogen-bond donors (Lipinski definition) is 0. The van der Waals surface area contributed by atoms with Crippen LogP contribution >= 0.6 is 11.3 Å². The first-order chi connectivity index (χ1) is 9.15. The van der Waals surface area contributed by atoms with E-state index in [1.165, 1.54) is 11.3 Å². The molecule has 0 radical (unpaired) electrons. The van der Waals surface area contributed by atoms with Gasteiger partial charge in [-0.1, -0.05) is 0 Å². The summed E-state index contributed by atoms with van der Waals surface area (Å²) in [5.74, 6) is 0.152. The standard InChI is InChI=1S/C12H10N4O2S/c1-7-10(11(17)15-16-13)19-12(14-7)8-3-5-9(18-2)6-4-8/h3-6H,1-2H3. The lowest BCUT2D eigenvalue weighted by molar-refractivity contribution is 0.100. The maximum absolute atomic E-state index is 11.5. The topological polar surface area (TPSA) is 88.0 Å². The molecule has 6 nitrogen and oxygen atoms in total. The number of azide groups is 1. The van der Waals surface area contributed by atoms with E-state index < -0.39 is 5.91 Å². The second-order valence-corrected chi connectivity index (χ2v) is 4.66. The van der Waals surface area contributed by atoms with E-state index in [0.717, 1.165) is 11.3 Å². The van der Waals surface area contributed by atoms with Crippen LogP contribution in [0.4, 0.5) is 0 Å². The summed E-state index contributed by atoms with van der Waals surface area (Å²) in [7, 11) is 1.60. The molecule has 0 atom stereocenters. The Morgan fingerprint density at radius 1 is 1.42 bits per heavy atom. The van der Waals surface area contributed by atoms with Crippen molar-refractivity contribution < 1.29 is 9.53 Å². The van der Waals surface area contributed by atoms with E-state index in [1.807, 2.05) is 24.3 Å². The van der Waals surface area contributed by atoms with Gasteiger partial charge < -0.3 is 4.74 Å². The predicted octanol–water partition coefficient (Wildman–Crippen LogP) is 3.58. The van der Waals surface area contributed by atoms with Crippen LogP contribution in [0.3, 0.4) is 0 Å². The van der Waals surface area contributed by atoms with E-state index in [0.29, 0.717) is 15.6 Å². The summed E-state index contributed by atoms with van der Waals surface area (Å²) < 4.78 is 5.08. The van der Waals surface area contributed by atoms with Crippen LogP contribution in [0.1, 0.15) is 15.4 Å². The Bertz CT molecular complexity index is 657. The van der Waals surface area contributed by atoms with E-state index in [-0.39, 0.29) is 0 Å². The monoisotopic (exact) mass is 274 g/mol. The van der Waals surface area contributed by atoms with Crippen LogP contribution in [0.15, 0.2) is 29.4 Å². The minimum absolute atomic E-state index is 0.364. The Hall–Kier alpha value is -2.37. The molecule has 0 bridgehead atoms. The van der Waals surface area contributed by atoms with Gasteiger partial charge in [0, 0.05) is 10.5 Å². The Balaban J connectivity index is 2.38. The molecule has 0 aliphatic heterocycles. The van der Waals surface area contributed by atoms with Gasteiger partial charge in [0.1, 0.15) is 15.6 Å². The van der Waals surface area contributed by atoms with Gasteiger partial charge in [0.25, 0.3) is 5.91 Å². The van der Waals surface area contributed by atoms with Crippen molar-refractivity contribution in [2.24, 2.45) is 5.11 Å². The first-order valence-electron chi connectivity index (χ1n) is 5.37. The number of nitrogens with zero attached hydrogens (tertiary/aromatic N) is 4. The summed E-state index contributed by atoms with van der Waals surface area (Å²) in [4.78, 5) is 18.7. The van der Waals surface area contributed by atoms with Gasteiger partial charge in [0.15, 0.2) is 0 Å². The molecular formula is C12H10N4O2S. The summed E-state index contributed by atoms with van der Waals surface area (Å²) in [5.41, 5.74) is 9.72. The number of hydrogen-bond acceptors (Lipinski definition) is 4. The Morgan fingerprint density at radius 2 is 2.11 bits per heavy atom. The van der Waals surface area contributed by atoms with Crippen LogP contribution in [0.25, 0.3) is 21.0 Å². The zero-order valence-electron chi connectivity index (χ0n) is 10.3. The highest BCUT2D eigenvalue weighted by molar-refractivity contribution is 7.17. The van der Waals surface area contributed by atoms with Crippen molar-refractivity contribution in [3.8, 4) is 16.3 Å². The maximum Gasteiger partial charge on any atom is 0.260 e. The average molecular weight is 274 g/mol. The molecule has 0 saturated carbocycles. The van der Waals surface area contributed by atoms with Crippen molar-refractivity contribution in [1.82, 2.24) is 4.98 Å². The van der Waals surface area contributed by atoms with Gasteiger partial charge in [-0.05, 0) is 41.8 Å². The lowest BCUT2D eigenvalue weighted by Crippen LogP contribution is -1.91. The minimum atomic E-state index is -0.600. The van der Waals surface area contributed by atoms with Crippen LogP contribution < -0.4 is 4.74 Å². The molecule has 2 rings (SSSR count). The van der Waals surface area contributed by atoms with Crippen LogP contribution in [0, 0.1) is 6.92 Å². The van der Waals surface area contributed by atoms with Crippen LogP contribution in [0.2, 0.25) is 0 Å². The highest BCUT2D eigenvalue weighted by Crippen LogP contribution is 2.29. The molecule has 0 N–H and O–H groups in total. The molecule has 19 heavy (non-hydrogen) atoms. The second-order valence-electron chi connectivity index (χ2n) is 3.66. The molecular weight excluding hydrogens is 264 g/mol. The number of carbonyl (C=O) groups is 1. The van der Waals surface area contributed by atoms with Gasteiger partial charge in [0.2, 0.25) is 0 Å². The molecule has 1 amide bonds. The largest absolute Gasteiger partial charge is 0.497 e. The number of ether oxygens (including phenoxy) is 1. The highest BCUT2D eigenvalue weighted by Gasteiger charge is 2.14. The summed E-state index contributed by atoms with van der Waals surface area (Å²) in [6, 6.07) is 7.36. The Morgan fingerprint density at radius 3 is 2.68 bits per heavy atom. The smallest absolute Gasteiger partial charge is 0.260 e. The number of aryl methyl sites for hydroxylation is 1. The molecule has 0 aliphatic carbocycles. The molecule has 96 valence electrons. The molecule has 0 spiro atoms. The number of methoxy groups -OCH3 is 1. The number of rotatable bonds is 3. The highest BCUT2D eigenvalue weighted by atomic mass is 32.1. The first kappa shape index (κ1) is 13.1. The third-order valence-corrected chi connectivity index (χ3v) is 3.66. The lowest BCUT2D eigenvalue weighted by atomic mass is 10.2. The Kier molecular flexibility index (Phi) is 3.79. The van der Waals surface area contributed by atoms with Crippen LogP contribution in [-0.4, -0.2) is 18.0 Å². The van der Waals surface area contributed by atoms with Crippen LogP contribution in [-0.2, 0) is 0 Å². The number of aromatic nitrogens is 1. The summed E-state index contributed by atoms with van der Waals surface area (Å²) in [6.07, 6.45) is 0. The third kappa shape index (κ3) is 2.73. The average Bonchev–Trinajstić information content (AvgIpc) is 2.81. The van der Waals surface area contributed by atoms with Crippen molar-refractivity contribution in [1.29, 1.82) is 0 Å². The van der Waals surface area contributed by atoms with Crippen molar-refractivity contribution >= 4 is 17.2 Å². The van der Waals surface area contributed by atoms with Gasteiger partial charge >= 0.3 is 0 Å². The maximum atomic E-state index is 11.5. The van der Waals surface area contributed by atoms with E-state index >= 15 is 0 Å². The predicted molar refractivity (Wildman–Crippen MR) is 72.3 cm³/mol. The molecule has 1 aromatic heterocycles. The van der Waals surface area contributed by atoms with Crippen molar-refractivity contribution in [2.75, 3.05) is 7.11 Å². The van der Waals surface area contributed by atoms with E-state index in [4.69, 9.17) is 10.3 Å². The number of benzene rings is 1. The van der Waals surface area contributed by atoms with Crippen LogP contribution in [0.5, 0.6) is 5.75 Å². The van der Waals surface area contributed by atoms with Gasteiger partial charge in [-0.25, -0.2) is 4.98 Å². The molecule has 7 heteroatoms. The second kappa shape index (κ2) is 5.51. The third-order valence-electron chi connectivity index (χ3n) is 2.46. The van der Waals surface area contributed by atoms with Gasteiger partial charge in [-0.2, -0.15) is 0 Å². The van der Waals surface area contributed by atoms with Gasteiger partial charge in [0.05, 0.1) is 12.8 Å². The summed E-state index contributed by atoms with van der Waals surface area (Å²) in [5, 5.41) is 3.79. The normalized spacial score (nSPS) is 9.79. The number of carbonyl (C=O) groups excluding carboxylic acids is 1. The minimum Gasteiger partial charge on any atom is -0.497 e. The summed E-state index contributed by atoms with van der Waals surface area (Å²) in [6.45, 7) is 1.71. The quantitative estimate of drug-likeness (QED) is 0.486. The fourth-order valence-electron chi connectivity index (χ4n) is 1.54. The zero-order valence-corrected chi connectivity index (χ0v) is 11.1. The molecule has 1 heterocycles. The summed E-state index contributed by atoms with van der Waals surface area (Å²) >= 11 is 1.21.